The highest BCUT2D eigenvalue weighted by Crippen LogP contribution is 2.39. The van der Waals surface area contributed by atoms with Crippen LogP contribution in [-0.4, -0.2) is 39.9 Å². The number of aryl methyl sites for hydroxylation is 2. The molecule has 0 bridgehead atoms. The quantitative estimate of drug-likeness (QED) is 0.864. The Kier molecular flexibility index (Phi) is 3.69. The standard InChI is InChI=1S/C16H20N4O2S/c1-3-20(15(21)12-5-4-8-22-12)16-18-14-10-9-17-19(2)11(10)6-7-13(14)23-16/h9,12H,3-8H2,1-2H3. The number of hydrogen-bond donors (Lipinski definition) is 0. The number of thiazole rings is 1. The third kappa shape index (κ3) is 2.38. The monoisotopic (exact) mass is 332 g/mol. The van der Waals surface area contributed by atoms with Gasteiger partial charge in [0, 0.05) is 36.3 Å². The highest BCUT2D eigenvalue weighted by molar-refractivity contribution is 7.16. The van der Waals surface area contributed by atoms with Crippen LogP contribution in [0.5, 0.6) is 0 Å². The van der Waals surface area contributed by atoms with Crippen LogP contribution in [0.3, 0.4) is 0 Å². The highest BCUT2D eigenvalue weighted by atomic mass is 32.1. The van der Waals surface area contributed by atoms with Gasteiger partial charge in [-0.3, -0.25) is 14.4 Å². The minimum atomic E-state index is -0.301. The smallest absolute Gasteiger partial charge is 0.257 e. The summed E-state index contributed by atoms with van der Waals surface area (Å²) in [5, 5.41) is 5.14. The fourth-order valence-electron chi connectivity index (χ4n) is 3.36. The Hall–Kier alpha value is -1.73. The summed E-state index contributed by atoms with van der Waals surface area (Å²) in [6, 6.07) is 0. The lowest BCUT2D eigenvalue weighted by Crippen LogP contribution is -2.38. The van der Waals surface area contributed by atoms with Gasteiger partial charge in [0.15, 0.2) is 5.13 Å². The molecule has 1 unspecified atom stereocenters. The van der Waals surface area contributed by atoms with Crippen LogP contribution in [0.2, 0.25) is 0 Å². The number of rotatable bonds is 3. The molecule has 2 aromatic rings. The van der Waals surface area contributed by atoms with E-state index in [1.165, 1.54) is 10.6 Å². The van der Waals surface area contributed by atoms with Gasteiger partial charge in [0.2, 0.25) is 0 Å². The van der Waals surface area contributed by atoms with Gasteiger partial charge in [-0.25, -0.2) is 4.98 Å². The summed E-state index contributed by atoms with van der Waals surface area (Å²) >= 11 is 1.63. The maximum Gasteiger partial charge on any atom is 0.257 e. The average molecular weight is 332 g/mol. The molecule has 2 aliphatic rings. The summed E-state index contributed by atoms with van der Waals surface area (Å²) < 4.78 is 7.48. The van der Waals surface area contributed by atoms with Gasteiger partial charge >= 0.3 is 0 Å². The molecule has 7 heteroatoms. The van der Waals surface area contributed by atoms with E-state index in [4.69, 9.17) is 9.72 Å². The average Bonchev–Trinajstić information content (AvgIpc) is 3.26. The molecule has 1 aliphatic carbocycles. The number of nitrogens with zero attached hydrogens (tertiary/aromatic N) is 4. The zero-order valence-electron chi connectivity index (χ0n) is 13.4. The van der Waals surface area contributed by atoms with Crippen LogP contribution < -0.4 is 4.90 Å². The largest absolute Gasteiger partial charge is 0.368 e. The summed E-state index contributed by atoms with van der Waals surface area (Å²) in [4.78, 5) is 20.5. The van der Waals surface area contributed by atoms with Gasteiger partial charge in [0.05, 0.1) is 11.9 Å². The van der Waals surface area contributed by atoms with E-state index < -0.39 is 0 Å². The van der Waals surface area contributed by atoms with Gasteiger partial charge in [-0.2, -0.15) is 5.10 Å². The van der Waals surface area contributed by atoms with Crippen molar-refractivity contribution in [2.24, 2.45) is 7.05 Å². The summed E-state index contributed by atoms with van der Waals surface area (Å²) in [5.41, 5.74) is 3.33. The van der Waals surface area contributed by atoms with Gasteiger partial charge < -0.3 is 4.74 Å². The molecule has 6 nitrogen and oxygen atoms in total. The summed E-state index contributed by atoms with van der Waals surface area (Å²) in [5.74, 6) is 0.0440. The Labute approximate surface area is 139 Å². The van der Waals surface area contributed by atoms with Crippen molar-refractivity contribution in [3.63, 3.8) is 0 Å². The number of likely N-dealkylation sites (N-methyl/N-ethyl adjacent to an activating group) is 1. The molecule has 2 aromatic heterocycles. The van der Waals surface area contributed by atoms with E-state index in [0.717, 1.165) is 42.1 Å². The van der Waals surface area contributed by atoms with E-state index >= 15 is 0 Å². The number of hydrogen-bond acceptors (Lipinski definition) is 5. The summed E-state index contributed by atoms with van der Waals surface area (Å²) in [7, 11) is 1.97. The Morgan fingerprint density at radius 3 is 3.13 bits per heavy atom. The Morgan fingerprint density at radius 2 is 2.39 bits per heavy atom. The zero-order valence-corrected chi connectivity index (χ0v) is 14.2. The van der Waals surface area contributed by atoms with Gasteiger partial charge in [-0.15, -0.1) is 11.3 Å². The van der Waals surface area contributed by atoms with Crippen LogP contribution in [0.25, 0.3) is 11.3 Å². The number of ether oxygens (including phenoxy) is 1. The maximum atomic E-state index is 12.7. The lowest BCUT2D eigenvalue weighted by molar-refractivity contribution is -0.127. The Balaban J connectivity index is 1.68. The van der Waals surface area contributed by atoms with Crippen molar-refractivity contribution in [2.45, 2.75) is 38.7 Å². The molecule has 122 valence electrons. The minimum Gasteiger partial charge on any atom is -0.368 e. The number of carbonyl (C=O) groups excluding carboxylic acids is 1. The van der Waals surface area contributed by atoms with Crippen molar-refractivity contribution in [2.75, 3.05) is 18.1 Å². The fourth-order valence-corrected chi connectivity index (χ4v) is 4.50. The van der Waals surface area contributed by atoms with E-state index in [1.54, 1.807) is 16.2 Å². The molecule has 3 heterocycles. The fraction of sp³-hybridized carbons (Fsp3) is 0.562. The molecule has 0 saturated carbocycles. The number of anilines is 1. The molecule has 0 spiro atoms. The van der Waals surface area contributed by atoms with Gasteiger partial charge in [-0.1, -0.05) is 0 Å². The second-order valence-electron chi connectivity index (χ2n) is 5.98. The Morgan fingerprint density at radius 1 is 1.52 bits per heavy atom. The molecule has 1 fully saturated rings. The van der Waals surface area contributed by atoms with Crippen LogP contribution >= 0.6 is 11.3 Å². The number of aromatic nitrogens is 3. The van der Waals surface area contributed by atoms with Crippen molar-refractivity contribution >= 4 is 22.4 Å². The lowest BCUT2D eigenvalue weighted by Gasteiger charge is -2.20. The lowest BCUT2D eigenvalue weighted by atomic mass is 10.0. The first-order valence-corrected chi connectivity index (χ1v) is 8.94. The topological polar surface area (TPSA) is 60.3 Å². The first-order valence-electron chi connectivity index (χ1n) is 8.13. The molecule has 0 radical (unpaired) electrons. The SMILES string of the molecule is CCN(C(=O)C1CCCO1)c1nc2c(s1)CCc1c-2cnn1C. The molecule has 4 rings (SSSR count). The molecule has 23 heavy (non-hydrogen) atoms. The van der Waals surface area contributed by atoms with Crippen LogP contribution in [0.1, 0.15) is 30.3 Å². The predicted octanol–water partition coefficient (Wildman–Crippen LogP) is 2.17. The van der Waals surface area contributed by atoms with E-state index in [-0.39, 0.29) is 12.0 Å². The van der Waals surface area contributed by atoms with E-state index in [1.807, 2.05) is 24.9 Å². The minimum absolute atomic E-state index is 0.0440. The molecule has 1 atom stereocenters. The van der Waals surface area contributed by atoms with Crippen LogP contribution in [0.4, 0.5) is 5.13 Å². The first kappa shape index (κ1) is 14.8. The van der Waals surface area contributed by atoms with E-state index in [9.17, 15) is 4.79 Å². The molecule has 0 aromatic carbocycles. The molecule has 1 aliphatic heterocycles. The normalized spacial score (nSPS) is 19.5. The van der Waals surface area contributed by atoms with Crippen molar-refractivity contribution in [1.82, 2.24) is 14.8 Å². The second kappa shape index (κ2) is 5.72. The van der Waals surface area contributed by atoms with Crippen molar-refractivity contribution in [3.8, 4) is 11.3 Å². The maximum absolute atomic E-state index is 12.7. The first-order chi connectivity index (χ1) is 11.2. The second-order valence-corrected chi connectivity index (χ2v) is 7.04. The molecular formula is C16H20N4O2S. The molecule has 1 saturated heterocycles. The van der Waals surface area contributed by atoms with Crippen molar-refractivity contribution in [3.05, 3.63) is 16.8 Å². The predicted molar refractivity (Wildman–Crippen MR) is 88.7 cm³/mol. The number of fused-ring (bicyclic) bond motifs is 3. The third-order valence-electron chi connectivity index (χ3n) is 4.61. The molecular weight excluding hydrogens is 312 g/mol. The van der Waals surface area contributed by atoms with Gasteiger partial charge in [-0.05, 0) is 32.6 Å². The van der Waals surface area contributed by atoms with Crippen LogP contribution in [-0.2, 0) is 29.4 Å². The zero-order chi connectivity index (χ0) is 16.0. The van der Waals surface area contributed by atoms with Crippen LogP contribution in [0, 0.1) is 0 Å². The number of amides is 1. The third-order valence-corrected chi connectivity index (χ3v) is 5.75. The number of carbonyl (C=O) groups is 1. The summed E-state index contributed by atoms with van der Waals surface area (Å²) in [6.07, 6.45) is 5.30. The van der Waals surface area contributed by atoms with Crippen molar-refractivity contribution < 1.29 is 9.53 Å². The van der Waals surface area contributed by atoms with Crippen LogP contribution in [0.15, 0.2) is 6.20 Å². The van der Waals surface area contributed by atoms with Gasteiger partial charge in [0.1, 0.15) is 6.10 Å². The van der Waals surface area contributed by atoms with Crippen molar-refractivity contribution in [1.29, 1.82) is 0 Å². The Bertz CT molecular complexity index is 745. The van der Waals surface area contributed by atoms with E-state index in [0.29, 0.717) is 13.2 Å². The van der Waals surface area contributed by atoms with E-state index in [2.05, 4.69) is 5.10 Å². The molecule has 0 N–H and O–H groups in total. The summed E-state index contributed by atoms with van der Waals surface area (Å²) in [6.45, 7) is 3.29. The van der Waals surface area contributed by atoms with Gasteiger partial charge in [0.25, 0.3) is 5.91 Å². The molecule has 1 amide bonds. The highest BCUT2D eigenvalue weighted by Gasteiger charge is 2.31.